The Morgan fingerprint density at radius 1 is 1.47 bits per heavy atom. The highest BCUT2D eigenvalue weighted by Crippen LogP contribution is 2.38. The molecule has 1 fully saturated rings. The molecule has 0 amide bonds. The SMILES string of the molecule is CCc1nn(C)c(CCCC(Cl)C2CC2)c1Cl. The predicted molar refractivity (Wildman–Crippen MR) is 72.9 cm³/mol. The third-order valence-corrected chi connectivity index (χ3v) is 4.54. The van der Waals surface area contributed by atoms with Gasteiger partial charge in [-0.3, -0.25) is 4.68 Å². The van der Waals surface area contributed by atoms with E-state index in [0.717, 1.165) is 48.0 Å². The number of nitrogens with zero attached hydrogens (tertiary/aromatic N) is 2. The second-order valence-corrected chi connectivity index (χ2v) is 5.87. The molecule has 1 aromatic rings. The molecule has 1 aliphatic carbocycles. The van der Waals surface area contributed by atoms with Gasteiger partial charge in [-0.1, -0.05) is 18.5 Å². The number of alkyl halides is 1. The molecular weight excluding hydrogens is 255 g/mol. The zero-order chi connectivity index (χ0) is 12.4. The Morgan fingerprint density at radius 2 is 2.18 bits per heavy atom. The minimum absolute atomic E-state index is 0.368. The molecule has 1 aromatic heterocycles. The van der Waals surface area contributed by atoms with Crippen molar-refractivity contribution >= 4 is 23.2 Å². The second kappa shape index (κ2) is 5.62. The van der Waals surface area contributed by atoms with Gasteiger partial charge in [0.2, 0.25) is 0 Å². The van der Waals surface area contributed by atoms with Gasteiger partial charge in [0, 0.05) is 12.4 Å². The van der Waals surface area contributed by atoms with Gasteiger partial charge in [0.05, 0.1) is 16.4 Å². The van der Waals surface area contributed by atoms with Crippen molar-refractivity contribution in [1.29, 1.82) is 0 Å². The first-order valence-corrected chi connectivity index (χ1v) is 7.29. The number of rotatable bonds is 6. The molecule has 96 valence electrons. The highest BCUT2D eigenvalue weighted by Gasteiger charge is 2.29. The molecule has 0 radical (unpaired) electrons. The Labute approximate surface area is 113 Å². The average molecular weight is 275 g/mol. The van der Waals surface area contributed by atoms with E-state index in [1.807, 2.05) is 11.7 Å². The summed E-state index contributed by atoms with van der Waals surface area (Å²) in [6, 6.07) is 0. The van der Waals surface area contributed by atoms with E-state index in [1.54, 1.807) is 0 Å². The van der Waals surface area contributed by atoms with Crippen molar-refractivity contribution in [2.75, 3.05) is 0 Å². The molecule has 2 rings (SSSR count). The van der Waals surface area contributed by atoms with Gasteiger partial charge in [-0.05, 0) is 44.4 Å². The highest BCUT2D eigenvalue weighted by atomic mass is 35.5. The minimum atomic E-state index is 0.368. The first kappa shape index (κ1) is 13.2. The molecule has 0 bridgehead atoms. The van der Waals surface area contributed by atoms with Crippen LogP contribution >= 0.6 is 23.2 Å². The molecule has 1 unspecified atom stereocenters. The topological polar surface area (TPSA) is 17.8 Å². The number of aryl methyl sites for hydroxylation is 2. The van der Waals surface area contributed by atoms with Crippen LogP contribution in [-0.4, -0.2) is 15.2 Å². The number of halogens is 2. The monoisotopic (exact) mass is 274 g/mol. The van der Waals surface area contributed by atoms with Crippen molar-refractivity contribution < 1.29 is 0 Å². The lowest BCUT2D eigenvalue weighted by Crippen LogP contribution is -2.04. The van der Waals surface area contributed by atoms with Crippen molar-refractivity contribution in [3.05, 3.63) is 16.4 Å². The third-order valence-electron chi connectivity index (χ3n) is 3.53. The maximum atomic E-state index is 6.30. The molecule has 1 atom stereocenters. The summed E-state index contributed by atoms with van der Waals surface area (Å²) in [7, 11) is 1.97. The van der Waals surface area contributed by atoms with Gasteiger partial charge in [-0.2, -0.15) is 5.10 Å². The average Bonchev–Trinajstić information content (AvgIpc) is 3.10. The van der Waals surface area contributed by atoms with E-state index in [1.165, 1.54) is 12.8 Å². The lowest BCUT2D eigenvalue weighted by molar-refractivity contribution is 0.611. The molecule has 2 nitrogen and oxygen atoms in total. The Morgan fingerprint density at radius 3 is 2.71 bits per heavy atom. The number of hydrogen-bond acceptors (Lipinski definition) is 1. The smallest absolute Gasteiger partial charge is 0.0849 e. The molecular formula is C13H20Cl2N2. The standard InChI is InChI=1S/C13H20Cl2N2/c1-3-11-13(15)12(17(2)16-11)6-4-5-10(14)9-7-8-9/h9-10H,3-8H2,1-2H3. The van der Waals surface area contributed by atoms with Crippen LogP contribution in [0.3, 0.4) is 0 Å². The molecule has 0 spiro atoms. The fourth-order valence-electron chi connectivity index (χ4n) is 2.25. The first-order chi connectivity index (χ1) is 8.13. The van der Waals surface area contributed by atoms with E-state index < -0.39 is 0 Å². The van der Waals surface area contributed by atoms with Crippen LogP contribution in [0.4, 0.5) is 0 Å². The Balaban J connectivity index is 1.87. The lowest BCUT2D eigenvalue weighted by Gasteiger charge is -2.07. The van der Waals surface area contributed by atoms with Crippen molar-refractivity contribution in [3.8, 4) is 0 Å². The summed E-state index contributed by atoms with van der Waals surface area (Å²) in [5.74, 6) is 0.782. The Bertz CT molecular complexity index is 383. The lowest BCUT2D eigenvalue weighted by atomic mass is 10.1. The molecule has 0 saturated heterocycles. The van der Waals surface area contributed by atoms with Crippen molar-refractivity contribution in [1.82, 2.24) is 9.78 Å². The summed E-state index contributed by atoms with van der Waals surface area (Å²) in [5.41, 5.74) is 2.16. The molecule has 17 heavy (non-hydrogen) atoms. The summed E-state index contributed by atoms with van der Waals surface area (Å²) in [4.78, 5) is 0. The summed E-state index contributed by atoms with van der Waals surface area (Å²) in [6.07, 6.45) is 6.72. The van der Waals surface area contributed by atoms with Crippen molar-refractivity contribution in [2.45, 2.75) is 50.8 Å². The van der Waals surface area contributed by atoms with E-state index >= 15 is 0 Å². The second-order valence-electron chi connectivity index (χ2n) is 4.93. The normalized spacial score (nSPS) is 17.4. The molecule has 0 aliphatic heterocycles. The number of aromatic nitrogens is 2. The fraction of sp³-hybridized carbons (Fsp3) is 0.769. The fourth-order valence-corrected chi connectivity index (χ4v) is 3.04. The van der Waals surface area contributed by atoms with Gasteiger partial charge in [0.15, 0.2) is 0 Å². The third kappa shape index (κ3) is 3.17. The van der Waals surface area contributed by atoms with E-state index in [9.17, 15) is 0 Å². The summed E-state index contributed by atoms with van der Waals surface area (Å²) >= 11 is 12.6. The van der Waals surface area contributed by atoms with Crippen LogP contribution in [0.25, 0.3) is 0 Å². The Hall–Kier alpha value is -0.210. The molecule has 0 N–H and O–H groups in total. The van der Waals surface area contributed by atoms with Crippen LogP contribution in [0.15, 0.2) is 0 Å². The molecule has 1 aliphatic rings. The van der Waals surface area contributed by atoms with Gasteiger partial charge in [0.25, 0.3) is 0 Å². The summed E-state index contributed by atoms with van der Waals surface area (Å²) < 4.78 is 1.92. The summed E-state index contributed by atoms with van der Waals surface area (Å²) in [5, 5.41) is 5.65. The van der Waals surface area contributed by atoms with Gasteiger partial charge in [-0.25, -0.2) is 0 Å². The van der Waals surface area contributed by atoms with E-state index in [0.29, 0.717) is 5.38 Å². The quantitative estimate of drug-likeness (QED) is 0.718. The molecule has 4 heteroatoms. The highest BCUT2D eigenvalue weighted by molar-refractivity contribution is 6.31. The van der Waals surface area contributed by atoms with Crippen LogP contribution in [0.1, 0.15) is 44.0 Å². The van der Waals surface area contributed by atoms with Gasteiger partial charge >= 0.3 is 0 Å². The van der Waals surface area contributed by atoms with E-state index in [-0.39, 0.29) is 0 Å². The maximum Gasteiger partial charge on any atom is 0.0849 e. The van der Waals surface area contributed by atoms with Crippen molar-refractivity contribution in [2.24, 2.45) is 13.0 Å². The predicted octanol–water partition coefficient (Wildman–Crippen LogP) is 3.98. The molecule has 1 saturated carbocycles. The zero-order valence-electron chi connectivity index (χ0n) is 10.5. The van der Waals surface area contributed by atoms with Crippen LogP contribution in [0, 0.1) is 5.92 Å². The zero-order valence-corrected chi connectivity index (χ0v) is 12.1. The van der Waals surface area contributed by atoms with Crippen LogP contribution in [0.5, 0.6) is 0 Å². The van der Waals surface area contributed by atoms with E-state index in [2.05, 4.69) is 12.0 Å². The summed E-state index contributed by atoms with van der Waals surface area (Å²) in [6.45, 7) is 2.08. The molecule has 0 aromatic carbocycles. The maximum absolute atomic E-state index is 6.30. The first-order valence-electron chi connectivity index (χ1n) is 6.47. The van der Waals surface area contributed by atoms with Gasteiger partial charge < -0.3 is 0 Å². The van der Waals surface area contributed by atoms with E-state index in [4.69, 9.17) is 23.2 Å². The largest absolute Gasteiger partial charge is 0.271 e. The van der Waals surface area contributed by atoms with Gasteiger partial charge in [0.1, 0.15) is 0 Å². The van der Waals surface area contributed by atoms with Crippen LogP contribution < -0.4 is 0 Å². The minimum Gasteiger partial charge on any atom is -0.271 e. The van der Waals surface area contributed by atoms with Gasteiger partial charge in [-0.15, -0.1) is 11.6 Å². The van der Waals surface area contributed by atoms with Crippen LogP contribution in [-0.2, 0) is 19.9 Å². The Kier molecular flexibility index (Phi) is 4.37. The van der Waals surface area contributed by atoms with Crippen LogP contribution in [0.2, 0.25) is 5.02 Å². The number of hydrogen-bond donors (Lipinski definition) is 0. The van der Waals surface area contributed by atoms with Crippen molar-refractivity contribution in [3.63, 3.8) is 0 Å². The molecule has 1 heterocycles.